The van der Waals surface area contributed by atoms with E-state index >= 15 is 0 Å². The van der Waals surface area contributed by atoms with Crippen LogP contribution in [0.2, 0.25) is 0 Å². The van der Waals surface area contributed by atoms with Gasteiger partial charge in [-0.25, -0.2) is 13.2 Å². The van der Waals surface area contributed by atoms with Crippen molar-refractivity contribution >= 4 is 31.9 Å². The van der Waals surface area contributed by atoms with E-state index in [9.17, 15) is 13.2 Å². The van der Waals surface area contributed by atoms with Crippen LogP contribution in [-0.4, -0.2) is 7.05 Å². The van der Waals surface area contributed by atoms with Gasteiger partial charge in [0.05, 0.1) is 10.5 Å². The number of rotatable bonds is 3. The van der Waals surface area contributed by atoms with Crippen molar-refractivity contribution in [2.24, 2.45) is 0 Å². The Bertz CT molecular complexity index is 626. The normalized spacial score (nSPS) is 12.5. The highest BCUT2D eigenvalue weighted by Crippen LogP contribution is 2.35. The molecule has 0 fully saturated rings. The van der Waals surface area contributed by atoms with Crippen LogP contribution in [0.5, 0.6) is 0 Å². The van der Waals surface area contributed by atoms with Crippen LogP contribution in [0, 0.1) is 17.5 Å². The van der Waals surface area contributed by atoms with Crippen LogP contribution in [0.1, 0.15) is 17.2 Å². The molecule has 0 saturated heterocycles. The van der Waals surface area contributed by atoms with Gasteiger partial charge in [-0.3, -0.25) is 0 Å². The Labute approximate surface area is 131 Å². The summed E-state index contributed by atoms with van der Waals surface area (Å²) in [6.07, 6.45) is 0. The molecule has 106 valence electrons. The summed E-state index contributed by atoms with van der Waals surface area (Å²) in [7, 11) is 1.52. The highest BCUT2D eigenvalue weighted by molar-refractivity contribution is 9.10. The standard InChI is InChI=1S/C14H10Br2F3N/c1-20-14(11-7(15)3-2-4-9(11)17)12-10(18)6-5-8(16)13(12)19/h2-6,14,20H,1H3. The number of hydrogen-bond donors (Lipinski definition) is 1. The maximum atomic E-state index is 14.2. The molecule has 0 bridgehead atoms. The molecule has 2 aromatic carbocycles. The fourth-order valence-corrected chi connectivity index (χ4v) is 2.94. The summed E-state index contributed by atoms with van der Waals surface area (Å²) in [5.74, 6) is -2.03. The molecule has 0 aliphatic carbocycles. The van der Waals surface area contributed by atoms with Crippen LogP contribution >= 0.6 is 31.9 Å². The van der Waals surface area contributed by atoms with Crippen molar-refractivity contribution in [2.45, 2.75) is 6.04 Å². The Balaban J connectivity index is 2.68. The minimum absolute atomic E-state index is 0.126. The molecule has 1 unspecified atom stereocenters. The zero-order chi connectivity index (χ0) is 14.9. The van der Waals surface area contributed by atoms with E-state index in [0.29, 0.717) is 4.47 Å². The Kier molecular flexibility index (Phi) is 4.88. The van der Waals surface area contributed by atoms with Crippen LogP contribution in [0.4, 0.5) is 13.2 Å². The number of halogens is 5. The SMILES string of the molecule is CNC(c1c(F)cccc1Br)c1c(F)ccc(Br)c1F. The van der Waals surface area contributed by atoms with Gasteiger partial charge in [-0.15, -0.1) is 0 Å². The summed E-state index contributed by atoms with van der Waals surface area (Å²) in [6, 6.07) is 5.86. The van der Waals surface area contributed by atoms with E-state index < -0.39 is 23.5 Å². The van der Waals surface area contributed by atoms with E-state index in [1.165, 1.54) is 25.2 Å². The van der Waals surface area contributed by atoms with Gasteiger partial charge in [0.1, 0.15) is 17.5 Å². The molecule has 2 rings (SSSR count). The van der Waals surface area contributed by atoms with Crippen LogP contribution in [0.3, 0.4) is 0 Å². The third-order valence-corrected chi connectivity index (χ3v) is 4.25. The fourth-order valence-electron chi connectivity index (χ4n) is 2.03. The van der Waals surface area contributed by atoms with Gasteiger partial charge in [-0.1, -0.05) is 22.0 Å². The van der Waals surface area contributed by atoms with Crippen molar-refractivity contribution in [2.75, 3.05) is 7.05 Å². The van der Waals surface area contributed by atoms with Crippen molar-refractivity contribution in [3.63, 3.8) is 0 Å². The molecule has 0 heterocycles. The summed E-state index contributed by atoms with van der Waals surface area (Å²) in [4.78, 5) is 0. The van der Waals surface area contributed by atoms with Gasteiger partial charge in [0.2, 0.25) is 0 Å². The number of nitrogens with one attached hydrogen (secondary N) is 1. The van der Waals surface area contributed by atoms with Crippen LogP contribution in [-0.2, 0) is 0 Å². The van der Waals surface area contributed by atoms with Gasteiger partial charge in [-0.2, -0.15) is 0 Å². The first kappa shape index (κ1) is 15.5. The maximum Gasteiger partial charge on any atom is 0.145 e. The van der Waals surface area contributed by atoms with Crippen molar-refractivity contribution < 1.29 is 13.2 Å². The summed E-state index contributed by atoms with van der Waals surface area (Å²) in [5, 5.41) is 2.75. The Hall–Kier alpha value is -0.850. The highest BCUT2D eigenvalue weighted by Gasteiger charge is 2.26. The van der Waals surface area contributed by atoms with Gasteiger partial charge in [-0.05, 0) is 47.2 Å². The predicted octanol–water partition coefficient (Wildman–Crippen LogP) is 4.94. The van der Waals surface area contributed by atoms with Crippen LogP contribution in [0.25, 0.3) is 0 Å². The summed E-state index contributed by atoms with van der Waals surface area (Å²) in [5.41, 5.74) is -0.0708. The van der Waals surface area contributed by atoms with Gasteiger partial charge in [0.15, 0.2) is 0 Å². The lowest BCUT2D eigenvalue weighted by molar-refractivity contribution is 0.504. The largest absolute Gasteiger partial charge is 0.309 e. The zero-order valence-corrected chi connectivity index (χ0v) is 13.5. The molecule has 0 aliphatic rings. The molecule has 1 N–H and O–H groups in total. The molecule has 1 nitrogen and oxygen atoms in total. The minimum atomic E-state index is -0.942. The van der Waals surface area contributed by atoms with E-state index in [1.54, 1.807) is 6.07 Å². The van der Waals surface area contributed by atoms with Crippen molar-refractivity contribution in [3.05, 3.63) is 67.9 Å². The molecule has 0 aliphatic heterocycles. The Morgan fingerprint density at radius 2 is 1.55 bits per heavy atom. The third-order valence-electron chi connectivity index (χ3n) is 2.95. The zero-order valence-electron chi connectivity index (χ0n) is 10.4. The second-order valence-corrected chi connectivity index (χ2v) is 5.82. The van der Waals surface area contributed by atoms with E-state index in [4.69, 9.17) is 0 Å². The van der Waals surface area contributed by atoms with Gasteiger partial charge < -0.3 is 5.32 Å². The number of hydrogen-bond acceptors (Lipinski definition) is 1. The summed E-state index contributed by atoms with van der Waals surface area (Å²) in [6.45, 7) is 0. The van der Waals surface area contributed by atoms with Crippen molar-refractivity contribution in [1.29, 1.82) is 0 Å². The third kappa shape index (κ3) is 2.77. The average molecular weight is 409 g/mol. The highest BCUT2D eigenvalue weighted by atomic mass is 79.9. The fraction of sp³-hybridized carbons (Fsp3) is 0.143. The molecule has 2 aromatic rings. The van der Waals surface area contributed by atoms with Crippen molar-refractivity contribution in [3.8, 4) is 0 Å². The first-order valence-electron chi connectivity index (χ1n) is 5.72. The number of benzene rings is 2. The molecule has 6 heteroatoms. The van der Waals surface area contributed by atoms with E-state index in [0.717, 1.165) is 6.07 Å². The lowest BCUT2D eigenvalue weighted by atomic mass is 9.97. The molecule has 0 saturated carbocycles. The van der Waals surface area contributed by atoms with Gasteiger partial charge >= 0.3 is 0 Å². The van der Waals surface area contributed by atoms with E-state index in [-0.39, 0.29) is 15.6 Å². The predicted molar refractivity (Wildman–Crippen MR) is 79.1 cm³/mol. The van der Waals surface area contributed by atoms with Gasteiger partial charge in [0, 0.05) is 15.6 Å². The smallest absolute Gasteiger partial charge is 0.145 e. The molecule has 0 spiro atoms. The van der Waals surface area contributed by atoms with E-state index in [1.807, 2.05) is 0 Å². The first-order chi connectivity index (χ1) is 9.47. The summed E-state index contributed by atoms with van der Waals surface area (Å²) < 4.78 is 42.7. The van der Waals surface area contributed by atoms with Crippen LogP contribution < -0.4 is 5.32 Å². The van der Waals surface area contributed by atoms with Crippen LogP contribution in [0.15, 0.2) is 39.3 Å². The first-order valence-corrected chi connectivity index (χ1v) is 7.30. The molecular weight excluding hydrogens is 399 g/mol. The molecule has 0 aromatic heterocycles. The second-order valence-electron chi connectivity index (χ2n) is 4.11. The molecule has 1 atom stereocenters. The topological polar surface area (TPSA) is 12.0 Å². The van der Waals surface area contributed by atoms with Crippen molar-refractivity contribution in [1.82, 2.24) is 5.32 Å². The molecule has 0 amide bonds. The Morgan fingerprint density at radius 1 is 0.900 bits per heavy atom. The minimum Gasteiger partial charge on any atom is -0.309 e. The average Bonchev–Trinajstić information content (AvgIpc) is 2.41. The van der Waals surface area contributed by atoms with E-state index in [2.05, 4.69) is 37.2 Å². The lowest BCUT2D eigenvalue weighted by Gasteiger charge is -2.21. The molecule has 20 heavy (non-hydrogen) atoms. The quantitative estimate of drug-likeness (QED) is 0.709. The molecular formula is C14H10Br2F3N. The molecule has 0 radical (unpaired) electrons. The van der Waals surface area contributed by atoms with Gasteiger partial charge in [0.25, 0.3) is 0 Å². The second kappa shape index (κ2) is 6.28. The lowest BCUT2D eigenvalue weighted by Crippen LogP contribution is -2.22. The Morgan fingerprint density at radius 3 is 2.15 bits per heavy atom. The maximum absolute atomic E-state index is 14.2. The monoisotopic (exact) mass is 407 g/mol. The summed E-state index contributed by atoms with van der Waals surface area (Å²) >= 11 is 6.23.